The molecule has 5 aliphatic rings. The van der Waals surface area contributed by atoms with Crippen LogP contribution in [0.2, 0.25) is 0 Å². The zero-order chi connectivity index (χ0) is 71.1. The van der Waals surface area contributed by atoms with E-state index in [0.717, 1.165) is 91.3 Å². The molecule has 4 aliphatic carbocycles. The second-order valence-electron chi connectivity index (χ2n) is 29.8. The molecule has 9 atom stereocenters. The molecule has 0 unspecified atom stereocenters. The highest BCUT2D eigenvalue weighted by Gasteiger charge is 2.58. The number of benzene rings is 4. The van der Waals surface area contributed by atoms with Crippen molar-refractivity contribution in [3.05, 3.63) is 129 Å². The first-order valence-corrected chi connectivity index (χ1v) is 36.1. The van der Waals surface area contributed by atoms with Crippen molar-refractivity contribution >= 4 is 64.2 Å². The summed E-state index contributed by atoms with van der Waals surface area (Å²) in [6.07, 6.45) is 8.44. The number of aryl methyl sites for hydroxylation is 3. The van der Waals surface area contributed by atoms with Crippen molar-refractivity contribution in [2.75, 3.05) is 63.1 Å². The van der Waals surface area contributed by atoms with E-state index in [0.29, 0.717) is 64.5 Å². The number of imide groups is 1. The molecule has 99 heavy (non-hydrogen) atoms. The van der Waals surface area contributed by atoms with Crippen molar-refractivity contribution in [2.24, 2.45) is 40.4 Å². The van der Waals surface area contributed by atoms with Gasteiger partial charge in [-0.05, 0) is 158 Å². The number of nitrogens with one attached hydrogen (secondary N) is 3. The Kier molecular flexibility index (Phi) is 26.0. The van der Waals surface area contributed by atoms with E-state index >= 15 is 0 Å². The highest BCUT2D eigenvalue weighted by atomic mass is 16.6. The molecule has 532 valence electrons. The number of carboxylic acids is 1. The van der Waals surface area contributed by atoms with E-state index in [1.165, 1.54) is 16.7 Å². The number of carbonyl (C=O) groups is 9. The molecule has 4 aromatic rings. The topological polar surface area (TPSA) is 250 Å². The summed E-state index contributed by atoms with van der Waals surface area (Å²) in [5.74, 6) is 0.962. The number of ketones is 3. The van der Waals surface area contributed by atoms with Crippen LogP contribution in [0, 0.1) is 59.2 Å². The van der Waals surface area contributed by atoms with Gasteiger partial charge < -0.3 is 39.6 Å². The van der Waals surface area contributed by atoms with Gasteiger partial charge in [-0.25, -0.2) is 0 Å². The summed E-state index contributed by atoms with van der Waals surface area (Å²) in [5.41, 5.74) is 8.01. The number of carboxylic acid groups (broad SMARTS) is 1. The lowest BCUT2D eigenvalue weighted by molar-refractivity contribution is -0.150. The Morgan fingerprint density at radius 2 is 1.15 bits per heavy atom. The average Bonchev–Trinajstić information content (AvgIpc) is 0.724. The summed E-state index contributed by atoms with van der Waals surface area (Å²) in [4.78, 5) is 124. The molecule has 1 heterocycles. The predicted octanol–water partition coefficient (Wildman–Crippen LogP) is 12.0. The van der Waals surface area contributed by atoms with E-state index in [2.05, 4.69) is 73.7 Å². The van der Waals surface area contributed by atoms with E-state index in [9.17, 15) is 48.3 Å². The molecule has 9 rings (SSSR count). The number of hydrogen-bond acceptors (Lipinski definition) is 13. The van der Waals surface area contributed by atoms with Gasteiger partial charge in [-0.3, -0.25) is 48.5 Å². The summed E-state index contributed by atoms with van der Waals surface area (Å²) < 4.78 is 22.5. The third-order valence-electron chi connectivity index (χ3n) is 22.4. The second kappa shape index (κ2) is 34.1. The zero-order valence-corrected chi connectivity index (χ0v) is 59.5. The second-order valence-corrected chi connectivity index (χ2v) is 29.8. The first-order valence-electron chi connectivity index (χ1n) is 36.1. The van der Waals surface area contributed by atoms with Crippen molar-refractivity contribution < 1.29 is 67.2 Å². The molecule has 18 heteroatoms. The lowest BCUT2D eigenvalue weighted by atomic mass is 9.49. The maximum absolute atomic E-state index is 14.8. The Morgan fingerprint density at radius 1 is 0.586 bits per heavy atom. The molecule has 4 N–H and O–H groups in total. The highest BCUT2D eigenvalue weighted by molar-refractivity contribution is 6.01. The molecule has 0 spiro atoms. The first-order chi connectivity index (χ1) is 47.3. The normalized spacial score (nSPS) is 22.9. The minimum atomic E-state index is -1.13. The Labute approximate surface area is 584 Å². The Bertz CT molecular complexity index is 3680. The van der Waals surface area contributed by atoms with Crippen LogP contribution in [0.4, 0.5) is 11.4 Å². The fourth-order valence-electron chi connectivity index (χ4n) is 16.8. The lowest BCUT2D eigenvalue weighted by Gasteiger charge is -2.56. The van der Waals surface area contributed by atoms with Gasteiger partial charge in [0.05, 0.1) is 75.4 Å². The molecular formula is C81H104N4O14. The number of Topliss-reactive ketones (excluding diaryl/α,β-unsaturated/α-hetero) is 3. The minimum absolute atomic E-state index is 0.00286. The summed E-state index contributed by atoms with van der Waals surface area (Å²) in [6, 6.07) is 27.0. The van der Waals surface area contributed by atoms with Gasteiger partial charge in [-0.15, -0.1) is 0 Å². The van der Waals surface area contributed by atoms with Gasteiger partial charge in [0.15, 0.2) is 5.78 Å². The third-order valence-corrected chi connectivity index (χ3v) is 22.4. The van der Waals surface area contributed by atoms with E-state index in [1.807, 2.05) is 73.7 Å². The maximum Gasteiger partial charge on any atom is 0.303 e. The molecule has 0 aromatic heterocycles. The molecule has 5 amide bonds. The minimum Gasteiger partial charge on any atom is -0.481 e. The Balaban J connectivity index is 0.653. The largest absolute Gasteiger partial charge is 0.481 e. The quantitative estimate of drug-likeness (QED) is 0.0193. The number of carbonyl (C=O) groups excluding carboxylic acids is 8. The fourth-order valence-corrected chi connectivity index (χ4v) is 16.8. The van der Waals surface area contributed by atoms with Crippen molar-refractivity contribution in [1.82, 2.24) is 10.6 Å². The first kappa shape index (κ1) is 75.5. The molecule has 2 fully saturated rings. The van der Waals surface area contributed by atoms with Gasteiger partial charge in [0.25, 0.3) is 0 Å². The third kappa shape index (κ3) is 18.5. The molecule has 1 aliphatic heterocycles. The molecule has 18 nitrogen and oxygen atoms in total. The summed E-state index contributed by atoms with van der Waals surface area (Å²) in [5, 5.41) is 18.5. The highest BCUT2D eigenvalue weighted by Crippen LogP contribution is 2.60. The van der Waals surface area contributed by atoms with Gasteiger partial charge in [-0.2, -0.15) is 0 Å². The van der Waals surface area contributed by atoms with Crippen LogP contribution in [0.25, 0.3) is 0 Å². The van der Waals surface area contributed by atoms with Crippen LogP contribution in [0.3, 0.4) is 0 Å². The van der Waals surface area contributed by atoms with E-state index < -0.39 is 46.0 Å². The van der Waals surface area contributed by atoms with Crippen molar-refractivity contribution in [1.29, 1.82) is 0 Å². The van der Waals surface area contributed by atoms with Crippen molar-refractivity contribution in [3.63, 3.8) is 0 Å². The van der Waals surface area contributed by atoms with E-state index in [4.69, 9.17) is 18.9 Å². The van der Waals surface area contributed by atoms with E-state index in [-0.39, 0.29) is 129 Å². The van der Waals surface area contributed by atoms with Crippen LogP contribution < -0.4 is 20.9 Å². The SMILES string of the molecule is Cc1ccc2c(c1)[C@@]1(C)CCC[C@](C)(C(=O)NC(=O)[C@@]3(C)CCC[C@]4(C)c5cc(NC(=O)[C@H](C)CC(=O)[C@@H](NC(=O)[C@@H](CCC(=O)O)CC(=O)CCOCCOCCOCCOCCCC(=O)CCC(=O)N6Cc7ccccc7C#Cc7ccccc76)C(C)C)ccc5CC[C@@H]34)[C@@H]1CC2. The monoisotopic (exact) mass is 1360 g/mol. The van der Waals surface area contributed by atoms with Gasteiger partial charge in [0.2, 0.25) is 29.5 Å². The number of amides is 5. The molecule has 0 saturated heterocycles. The number of ether oxygens (including phenoxy) is 4. The predicted molar refractivity (Wildman–Crippen MR) is 379 cm³/mol. The number of nitrogens with zero attached hydrogens (tertiary/aromatic N) is 1. The van der Waals surface area contributed by atoms with Crippen LogP contribution in [-0.2, 0) is 92.3 Å². The van der Waals surface area contributed by atoms with Gasteiger partial charge in [0.1, 0.15) is 11.6 Å². The van der Waals surface area contributed by atoms with Crippen LogP contribution in [-0.4, -0.2) is 117 Å². The number of aliphatic carboxylic acids is 1. The van der Waals surface area contributed by atoms with Gasteiger partial charge >= 0.3 is 5.97 Å². The number of rotatable bonds is 34. The van der Waals surface area contributed by atoms with Gasteiger partial charge in [0, 0.05) is 80.2 Å². The molecule has 2 saturated carbocycles. The number of anilines is 2. The summed E-state index contributed by atoms with van der Waals surface area (Å²) in [6.45, 7) is 18.6. The van der Waals surface area contributed by atoms with Crippen LogP contribution in [0.5, 0.6) is 0 Å². The van der Waals surface area contributed by atoms with Crippen molar-refractivity contribution in [3.8, 4) is 11.8 Å². The summed E-state index contributed by atoms with van der Waals surface area (Å²) in [7, 11) is 0. The molecular weight excluding hydrogens is 1250 g/mol. The van der Waals surface area contributed by atoms with Crippen molar-refractivity contribution in [2.45, 2.75) is 201 Å². The van der Waals surface area contributed by atoms with Gasteiger partial charge in [-0.1, -0.05) is 133 Å². The van der Waals surface area contributed by atoms with Crippen LogP contribution >= 0.6 is 0 Å². The molecule has 4 aromatic carbocycles. The molecule has 0 bridgehead atoms. The fraction of sp³-hybridized carbons (Fsp3) is 0.568. The number of fused-ring (bicyclic) bond motifs is 8. The standard InChI is InChI=1S/C81H104N4O14/c1-53(2)73(68(88)49-55(4)74(92)82-62-29-25-58-27-32-70-79(6,66(58)51-62)37-15-39-81(70,8)77(95)84-76(94)80(7)38-14-36-78(5)65-48-54(3)21-22-57(65)26-31-69(78)80)83-75(93)60(28-34-72(90)91)50-64(87)35-41-97-43-45-99-47-46-98-44-42-96-40-13-19-63(86)30-33-71(89)85-52-61-18-10-9-16-56(61)23-24-59-17-11-12-20-67(59)85/h9-12,16-18,20-22,25,29,48,51,53,55,60,69-70,73H,13-15,19,26-28,30-47,49-50,52H2,1-8H3,(H,82,92)(H,83,93)(H,90,91)(H,84,94,95)/t55-,60+,69-,70-,73+,78-,79-,80+,81+/m1/s1. The smallest absolute Gasteiger partial charge is 0.303 e. The van der Waals surface area contributed by atoms with Crippen LogP contribution in [0.1, 0.15) is 202 Å². The number of para-hydroxylation sites is 1. The zero-order valence-electron chi connectivity index (χ0n) is 59.5. The summed E-state index contributed by atoms with van der Waals surface area (Å²) >= 11 is 0. The molecule has 0 radical (unpaired) electrons. The van der Waals surface area contributed by atoms with Crippen LogP contribution in [0.15, 0.2) is 84.9 Å². The maximum atomic E-state index is 14.8. The Hall–Kier alpha value is -7.69. The lowest BCUT2D eigenvalue weighted by Crippen LogP contribution is -2.60. The van der Waals surface area contributed by atoms with E-state index in [1.54, 1.807) is 25.7 Å². The number of hydrogen-bond donors (Lipinski definition) is 4. The average molecular weight is 1360 g/mol. The Morgan fingerprint density at radius 3 is 1.78 bits per heavy atom.